The van der Waals surface area contributed by atoms with Crippen LogP contribution in [0.15, 0.2) is 6.07 Å². The predicted molar refractivity (Wildman–Crippen MR) is 122 cm³/mol. The molecule has 1 unspecified atom stereocenters. The van der Waals surface area contributed by atoms with Gasteiger partial charge < -0.3 is 20.3 Å². The van der Waals surface area contributed by atoms with Crippen LogP contribution < -0.4 is 15.4 Å². The summed E-state index contributed by atoms with van der Waals surface area (Å²) >= 11 is 0.626. The number of amides is 2. The van der Waals surface area contributed by atoms with Crippen LogP contribution in [0.4, 0.5) is 23.0 Å². The third-order valence-electron chi connectivity index (χ3n) is 5.76. The van der Waals surface area contributed by atoms with E-state index in [0.717, 1.165) is 38.4 Å². The SMILES string of the molecule is Cc1cc(F)c(COc2nsc(NC(=O)NCCCCN3CCCC3CO)c2C(=O)O)c(F)c1F. The summed E-state index contributed by atoms with van der Waals surface area (Å²) in [5.74, 6) is -5.62. The van der Waals surface area contributed by atoms with E-state index in [1.54, 1.807) is 0 Å². The number of aliphatic hydroxyl groups is 1. The van der Waals surface area contributed by atoms with Crippen molar-refractivity contribution in [1.82, 2.24) is 14.6 Å². The number of anilines is 1. The lowest BCUT2D eigenvalue weighted by Gasteiger charge is -2.22. The van der Waals surface area contributed by atoms with E-state index in [9.17, 15) is 33.0 Å². The summed E-state index contributed by atoms with van der Waals surface area (Å²) in [6, 6.07) is 0.361. The molecular formula is C22H27F3N4O5S. The fraction of sp³-hybridized carbons (Fsp3) is 0.500. The number of carboxylic acid groups (broad SMARTS) is 1. The largest absolute Gasteiger partial charge is 0.477 e. The van der Waals surface area contributed by atoms with Gasteiger partial charge in [-0.2, -0.15) is 4.37 Å². The van der Waals surface area contributed by atoms with Gasteiger partial charge in [-0.3, -0.25) is 10.2 Å². The highest BCUT2D eigenvalue weighted by Crippen LogP contribution is 2.32. The van der Waals surface area contributed by atoms with E-state index in [-0.39, 0.29) is 23.2 Å². The number of urea groups is 1. The average molecular weight is 517 g/mol. The molecule has 1 aliphatic heterocycles. The highest BCUT2D eigenvalue weighted by atomic mass is 32.1. The molecule has 1 fully saturated rings. The van der Waals surface area contributed by atoms with Gasteiger partial charge in [-0.25, -0.2) is 22.8 Å². The van der Waals surface area contributed by atoms with Crippen molar-refractivity contribution in [3.8, 4) is 5.88 Å². The number of hydrogen-bond acceptors (Lipinski definition) is 7. The third-order valence-corrected chi connectivity index (χ3v) is 6.50. The Balaban J connectivity index is 1.52. The number of carboxylic acids is 1. The molecule has 1 atom stereocenters. The van der Waals surface area contributed by atoms with Gasteiger partial charge in [0, 0.05) is 12.6 Å². The minimum Gasteiger partial charge on any atom is -0.477 e. The summed E-state index contributed by atoms with van der Waals surface area (Å²) in [6.45, 7) is 2.67. The van der Waals surface area contributed by atoms with Gasteiger partial charge in [0.15, 0.2) is 17.2 Å². The second-order valence-corrected chi connectivity index (χ2v) is 8.94. The molecule has 1 saturated heterocycles. The van der Waals surface area contributed by atoms with Gasteiger partial charge >= 0.3 is 12.0 Å². The zero-order chi connectivity index (χ0) is 25.5. The lowest BCUT2D eigenvalue weighted by molar-refractivity contribution is 0.0693. The third kappa shape index (κ3) is 6.61. The van der Waals surface area contributed by atoms with Crippen molar-refractivity contribution in [2.75, 3.05) is 31.6 Å². The number of nitrogens with zero attached hydrogens (tertiary/aromatic N) is 2. The molecule has 0 aliphatic carbocycles. The number of rotatable bonds is 11. The number of aryl methyl sites for hydroxylation is 1. The molecule has 0 radical (unpaired) electrons. The second-order valence-electron chi connectivity index (χ2n) is 8.17. The normalized spacial score (nSPS) is 15.9. The summed E-state index contributed by atoms with van der Waals surface area (Å²) in [6.07, 6.45) is 3.55. The minimum absolute atomic E-state index is 0.121. The molecule has 9 nitrogen and oxygen atoms in total. The number of carbonyl (C=O) groups excluding carboxylic acids is 1. The van der Waals surface area contributed by atoms with Crippen molar-refractivity contribution in [2.24, 2.45) is 0 Å². The van der Waals surface area contributed by atoms with Crippen molar-refractivity contribution in [1.29, 1.82) is 0 Å². The number of unbranched alkanes of at least 4 members (excludes halogenated alkanes) is 1. The summed E-state index contributed by atoms with van der Waals surface area (Å²) in [5.41, 5.74) is -1.40. The molecule has 13 heteroatoms. The number of carbonyl (C=O) groups is 2. The summed E-state index contributed by atoms with van der Waals surface area (Å²) in [4.78, 5) is 26.1. The maximum atomic E-state index is 14.1. The van der Waals surface area contributed by atoms with E-state index >= 15 is 0 Å². The molecule has 2 amide bonds. The first-order chi connectivity index (χ1) is 16.7. The van der Waals surface area contributed by atoms with Crippen LogP contribution in [-0.4, -0.2) is 63.8 Å². The number of aromatic nitrogens is 1. The Morgan fingerprint density at radius 3 is 2.77 bits per heavy atom. The van der Waals surface area contributed by atoms with Gasteiger partial charge in [0.2, 0.25) is 5.88 Å². The van der Waals surface area contributed by atoms with E-state index < -0.39 is 53.1 Å². The number of likely N-dealkylation sites (tertiary alicyclic amines) is 1. The smallest absolute Gasteiger partial charge is 0.344 e. The van der Waals surface area contributed by atoms with Crippen LogP contribution in [-0.2, 0) is 6.61 Å². The predicted octanol–water partition coefficient (Wildman–Crippen LogP) is 3.50. The maximum Gasteiger partial charge on any atom is 0.344 e. The Kier molecular flexibility index (Phi) is 9.29. The molecule has 3 rings (SSSR count). The van der Waals surface area contributed by atoms with Crippen molar-refractivity contribution in [3.63, 3.8) is 0 Å². The molecule has 0 spiro atoms. The van der Waals surface area contributed by atoms with Gasteiger partial charge in [0.25, 0.3) is 0 Å². The summed E-state index contributed by atoms with van der Waals surface area (Å²) in [7, 11) is 0. The Bertz CT molecular complexity index is 1070. The van der Waals surface area contributed by atoms with E-state index in [4.69, 9.17) is 4.74 Å². The highest BCUT2D eigenvalue weighted by Gasteiger charge is 2.25. The topological polar surface area (TPSA) is 124 Å². The van der Waals surface area contributed by atoms with Crippen molar-refractivity contribution < 1.29 is 37.7 Å². The first-order valence-electron chi connectivity index (χ1n) is 11.1. The van der Waals surface area contributed by atoms with Crippen LogP contribution in [0.1, 0.15) is 47.2 Å². The van der Waals surface area contributed by atoms with Gasteiger partial charge in [-0.05, 0) is 68.9 Å². The lowest BCUT2D eigenvalue weighted by Crippen LogP contribution is -2.34. The zero-order valence-electron chi connectivity index (χ0n) is 19.1. The van der Waals surface area contributed by atoms with E-state index in [1.807, 2.05) is 0 Å². The summed E-state index contributed by atoms with van der Waals surface area (Å²) in [5, 5.41) is 23.8. The summed E-state index contributed by atoms with van der Waals surface area (Å²) < 4.78 is 50.8. The van der Waals surface area contributed by atoms with Crippen LogP contribution >= 0.6 is 11.5 Å². The minimum atomic E-state index is -1.47. The fourth-order valence-electron chi connectivity index (χ4n) is 3.86. The van der Waals surface area contributed by atoms with E-state index in [0.29, 0.717) is 24.5 Å². The highest BCUT2D eigenvalue weighted by molar-refractivity contribution is 7.11. The number of benzene rings is 1. The quantitative estimate of drug-likeness (QED) is 0.266. The molecule has 1 aliphatic rings. The van der Waals surface area contributed by atoms with Crippen LogP contribution in [0.5, 0.6) is 5.88 Å². The Hall–Kier alpha value is -2.90. The number of halogens is 3. The zero-order valence-corrected chi connectivity index (χ0v) is 19.9. The standard InChI is InChI=1S/C22H27F3N4O5S/c1-12-9-15(23)14(18(25)17(12)24)11-34-19-16(21(31)32)20(35-28-19)27-22(33)26-6-2-3-7-29-8-4-5-13(29)10-30/h9,13,30H,2-8,10-11H2,1H3,(H,31,32)(H2,26,27,33). The Morgan fingerprint density at radius 1 is 1.29 bits per heavy atom. The van der Waals surface area contributed by atoms with E-state index in [2.05, 4.69) is 19.9 Å². The molecule has 35 heavy (non-hydrogen) atoms. The number of hydrogen-bond donors (Lipinski definition) is 4. The number of aromatic carboxylic acids is 1. The van der Waals surface area contributed by atoms with Gasteiger partial charge in [-0.1, -0.05) is 0 Å². The average Bonchev–Trinajstić information content (AvgIpc) is 3.43. The van der Waals surface area contributed by atoms with Crippen LogP contribution in [0.3, 0.4) is 0 Å². The van der Waals surface area contributed by atoms with Crippen molar-refractivity contribution >= 4 is 28.5 Å². The van der Waals surface area contributed by atoms with Crippen LogP contribution in [0.2, 0.25) is 0 Å². The Morgan fingerprint density at radius 2 is 2.06 bits per heavy atom. The monoisotopic (exact) mass is 516 g/mol. The first-order valence-corrected chi connectivity index (χ1v) is 11.9. The molecule has 4 N–H and O–H groups in total. The number of nitrogens with one attached hydrogen (secondary N) is 2. The molecule has 0 saturated carbocycles. The molecule has 1 aromatic heterocycles. The van der Waals surface area contributed by atoms with E-state index in [1.165, 1.54) is 6.92 Å². The van der Waals surface area contributed by atoms with Gasteiger partial charge in [-0.15, -0.1) is 0 Å². The molecule has 2 aromatic rings. The van der Waals surface area contributed by atoms with Gasteiger partial charge in [0.05, 0.1) is 12.2 Å². The van der Waals surface area contributed by atoms with Crippen molar-refractivity contribution in [3.05, 3.63) is 40.2 Å². The molecule has 192 valence electrons. The van der Waals surface area contributed by atoms with Gasteiger partial charge in [0.1, 0.15) is 17.4 Å². The molecule has 2 heterocycles. The first kappa shape index (κ1) is 26.7. The maximum absolute atomic E-state index is 14.1. The fourth-order valence-corrected chi connectivity index (χ4v) is 4.58. The van der Waals surface area contributed by atoms with Crippen molar-refractivity contribution in [2.45, 2.75) is 45.3 Å². The molecule has 0 bridgehead atoms. The Labute approximate surface area is 204 Å². The lowest BCUT2D eigenvalue weighted by atomic mass is 10.1. The van der Waals surface area contributed by atoms with Crippen LogP contribution in [0, 0.1) is 24.4 Å². The second kappa shape index (κ2) is 12.2. The molecular weight excluding hydrogens is 489 g/mol. The van der Waals surface area contributed by atoms with Crippen LogP contribution in [0.25, 0.3) is 0 Å². The molecule has 1 aromatic carbocycles. The number of ether oxygens (including phenoxy) is 1. The number of aliphatic hydroxyl groups excluding tert-OH is 1.